The number of nitrogens with zero attached hydrogens (tertiary/aromatic N) is 3. The molecule has 0 unspecified atom stereocenters. The van der Waals surface area contributed by atoms with Crippen LogP contribution in [0.5, 0.6) is 0 Å². The Hall–Kier alpha value is -1.95. The van der Waals surface area contributed by atoms with Crippen LogP contribution in [0.2, 0.25) is 0 Å². The molecule has 0 amide bonds. The molecule has 1 N–H and O–H groups in total. The first kappa shape index (κ1) is 11.1. The number of hydrogen-bond donors (Lipinski definition) is 1. The maximum Gasteiger partial charge on any atom is 0.0694 e. The van der Waals surface area contributed by atoms with Crippen molar-refractivity contribution in [1.29, 1.82) is 0 Å². The number of rotatable bonds is 3. The molecule has 0 atom stereocenters. The lowest BCUT2D eigenvalue weighted by Crippen LogP contribution is -1.88. The van der Waals surface area contributed by atoms with Crippen LogP contribution in [-0.2, 0) is 6.61 Å². The third-order valence-corrected chi connectivity index (χ3v) is 1.81. The summed E-state index contributed by atoms with van der Waals surface area (Å²) in [5.74, 6) is 5.82. The first-order chi connectivity index (χ1) is 7.38. The second-order valence-electron chi connectivity index (χ2n) is 2.82. The zero-order valence-electron chi connectivity index (χ0n) is 8.22. The molecule has 0 aliphatic rings. The third-order valence-electron chi connectivity index (χ3n) is 1.81. The molecule has 0 saturated heterocycles. The predicted octanol–water partition coefficient (Wildman–Crippen LogP) is 2.23. The Morgan fingerprint density at radius 1 is 1.40 bits per heavy atom. The second kappa shape index (κ2) is 6.50. The molecule has 1 aromatic rings. The van der Waals surface area contributed by atoms with Crippen LogP contribution in [0, 0.1) is 11.8 Å². The van der Waals surface area contributed by atoms with Gasteiger partial charge >= 0.3 is 0 Å². The van der Waals surface area contributed by atoms with Gasteiger partial charge in [-0.05, 0) is 17.2 Å². The topological polar surface area (TPSA) is 69.0 Å². The summed E-state index contributed by atoms with van der Waals surface area (Å²) in [7, 11) is 0. The van der Waals surface area contributed by atoms with Crippen molar-refractivity contribution in [3.63, 3.8) is 0 Å². The molecular weight excluding hydrogens is 190 g/mol. The van der Waals surface area contributed by atoms with E-state index in [0.29, 0.717) is 13.0 Å². The van der Waals surface area contributed by atoms with E-state index in [1.165, 1.54) is 0 Å². The van der Waals surface area contributed by atoms with Gasteiger partial charge in [0.25, 0.3) is 0 Å². The lowest BCUT2D eigenvalue weighted by molar-refractivity contribution is 0.281. The minimum atomic E-state index is -0.0127. The Morgan fingerprint density at radius 2 is 2.20 bits per heavy atom. The Balaban J connectivity index is 2.66. The number of azide groups is 1. The van der Waals surface area contributed by atoms with Crippen LogP contribution in [0.4, 0.5) is 0 Å². The minimum absolute atomic E-state index is 0.0127. The minimum Gasteiger partial charge on any atom is -0.392 e. The van der Waals surface area contributed by atoms with Gasteiger partial charge in [0.15, 0.2) is 0 Å². The maximum atomic E-state index is 9.02. The molecule has 4 heteroatoms. The lowest BCUT2D eigenvalue weighted by atomic mass is 10.1. The highest BCUT2D eigenvalue weighted by molar-refractivity contribution is 5.40. The van der Waals surface area contributed by atoms with Crippen molar-refractivity contribution >= 4 is 0 Å². The number of benzene rings is 1. The first-order valence-electron chi connectivity index (χ1n) is 4.57. The van der Waals surface area contributed by atoms with Crippen LogP contribution in [-0.4, -0.2) is 11.7 Å². The van der Waals surface area contributed by atoms with E-state index in [2.05, 4.69) is 21.9 Å². The van der Waals surface area contributed by atoms with E-state index in [0.717, 1.165) is 11.1 Å². The van der Waals surface area contributed by atoms with Gasteiger partial charge in [-0.25, -0.2) is 0 Å². The van der Waals surface area contributed by atoms with Gasteiger partial charge in [0.1, 0.15) is 0 Å². The van der Waals surface area contributed by atoms with Crippen molar-refractivity contribution in [3.8, 4) is 11.8 Å². The van der Waals surface area contributed by atoms with Gasteiger partial charge in [-0.15, -0.1) is 0 Å². The van der Waals surface area contributed by atoms with Crippen molar-refractivity contribution in [3.05, 3.63) is 45.8 Å². The Kier molecular flexibility index (Phi) is 4.82. The van der Waals surface area contributed by atoms with Crippen molar-refractivity contribution < 1.29 is 5.11 Å². The lowest BCUT2D eigenvalue weighted by Gasteiger charge is -1.98. The molecule has 0 saturated carbocycles. The fraction of sp³-hybridized carbons (Fsp3) is 0.273. The molecule has 1 rings (SSSR count). The molecule has 0 radical (unpaired) electrons. The average molecular weight is 201 g/mol. The van der Waals surface area contributed by atoms with Gasteiger partial charge in [-0.1, -0.05) is 35.2 Å². The van der Waals surface area contributed by atoms with Crippen LogP contribution >= 0.6 is 0 Å². The smallest absolute Gasteiger partial charge is 0.0694 e. The Labute approximate surface area is 88.2 Å². The standard InChI is InChI=1S/C11H11N3O/c12-14-13-8-4-3-6-10-5-1-2-7-11(10)9-15/h1-2,5,7,15H,4,8-9H2. The second-order valence-corrected chi connectivity index (χ2v) is 2.82. The molecule has 1 aromatic carbocycles. The molecule has 0 aliphatic carbocycles. The molecule has 0 spiro atoms. The van der Waals surface area contributed by atoms with Crippen LogP contribution < -0.4 is 0 Å². The summed E-state index contributed by atoms with van der Waals surface area (Å²) < 4.78 is 0. The van der Waals surface area contributed by atoms with Crippen molar-refractivity contribution in [2.75, 3.05) is 6.54 Å². The van der Waals surface area contributed by atoms with Crippen molar-refractivity contribution in [2.45, 2.75) is 13.0 Å². The van der Waals surface area contributed by atoms with E-state index in [4.69, 9.17) is 10.6 Å². The molecule has 76 valence electrons. The van der Waals surface area contributed by atoms with E-state index in [1.54, 1.807) is 0 Å². The first-order valence-corrected chi connectivity index (χ1v) is 4.57. The van der Waals surface area contributed by atoms with E-state index in [1.807, 2.05) is 24.3 Å². The monoisotopic (exact) mass is 201 g/mol. The SMILES string of the molecule is [N-]=[N+]=NCCC#Cc1ccccc1CO. The zero-order chi connectivity index (χ0) is 10.9. The number of hydrogen-bond acceptors (Lipinski definition) is 2. The van der Waals surface area contributed by atoms with Gasteiger partial charge in [-0.2, -0.15) is 0 Å². The maximum absolute atomic E-state index is 9.02. The number of aliphatic hydroxyl groups is 1. The summed E-state index contributed by atoms with van der Waals surface area (Å²) in [6.45, 7) is 0.367. The molecule has 0 aromatic heterocycles. The Morgan fingerprint density at radius 3 is 2.93 bits per heavy atom. The van der Waals surface area contributed by atoms with Crippen molar-refractivity contribution in [1.82, 2.24) is 0 Å². The van der Waals surface area contributed by atoms with Gasteiger partial charge in [-0.3, -0.25) is 0 Å². The zero-order valence-corrected chi connectivity index (χ0v) is 8.22. The number of aliphatic hydroxyl groups excluding tert-OH is 1. The predicted molar refractivity (Wildman–Crippen MR) is 57.9 cm³/mol. The quantitative estimate of drug-likeness (QED) is 0.263. The van der Waals surface area contributed by atoms with Crippen LogP contribution in [0.1, 0.15) is 17.5 Å². The molecule has 15 heavy (non-hydrogen) atoms. The summed E-state index contributed by atoms with van der Waals surface area (Å²) in [6, 6.07) is 7.41. The summed E-state index contributed by atoms with van der Waals surface area (Å²) in [6.07, 6.45) is 0.532. The molecule has 0 aliphatic heterocycles. The van der Waals surface area contributed by atoms with Crippen molar-refractivity contribution in [2.24, 2.45) is 5.11 Å². The van der Waals surface area contributed by atoms with Crippen LogP contribution in [0.15, 0.2) is 29.4 Å². The molecule has 0 fully saturated rings. The summed E-state index contributed by atoms with van der Waals surface area (Å²) in [5, 5.41) is 12.4. The van der Waals surface area contributed by atoms with Gasteiger partial charge in [0.2, 0.25) is 0 Å². The summed E-state index contributed by atoms with van der Waals surface area (Å²) in [4.78, 5) is 2.63. The van der Waals surface area contributed by atoms with Gasteiger partial charge in [0, 0.05) is 23.4 Å². The van der Waals surface area contributed by atoms with E-state index in [9.17, 15) is 0 Å². The van der Waals surface area contributed by atoms with Crippen LogP contribution in [0.3, 0.4) is 0 Å². The fourth-order valence-corrected chi connectivity index (χ4v) is 1.09. The summed E-state index contributed by atoms with van der Waals surface area (Å²) in [5.41, 5.74) is 9.68. The van der Waals surface area contributed by atoms with E-state index < -0.39 is 0 Å². The molecule has 0 heterocycles. The normalized spacial score (nSPS) is 8.60. The van der Waals surface area contributed by atoms with E-state index >= 15 is 0 Å². The summed E-state index contributed by atoms with van der Waals surface area (Å²) >= 11 is 0. The van der Waals surface area contributed by atoms with Gasteiger partial charge < -0.3 is 5.11 Å². The largest absolute Gasteiger partial charge is 0.392 e. The Bertz CT molecular complexity index is 425. The van der Waals surface area contributed by atoms with E-state index in [-0.39, 0.29) is 6.61 Å². The molecule has 4 nitrogen and oxygen atoms in total. The van der Waals surface area contributed by atoms with Crippen LogP contribution in [0.25, 0.3) is 10.4 Å². The average Bonchev–Trinajstić information content (AvgIpc) is 2.29. The molecule has 0 bridgehead atoms. The van der Waals surface area contributed by atoms with Gasteiger partial charge in [0.05, 0.1) is 6.61 Å². The highest BCUT2D eigenvalue weighted by Crippen LogP contribution is 2.06. The fourth-order valence-electron chi connectivity index (χ4n) is 1.09. The highest BCUT2D eigenvalue weighted by Gasteiger charge is 1.94. The molecular formula is C11H11N3O. The highest BCUT2D eigenvalue weighted by atomic mass is 16.3. The third kappa shape index (κ3) is 3.74.